The summed E-state index contributed by atoms with van der Waals surface area (Å²) < 4.78 is 2.26. The molecule has 0 unspecified atom stereocenters. The van der Waals surface area contributed by atoms with Gasteiger partial charge in [-0.05, 0) is 45.0 Å². The lowest BCUT2D eigenvalue weighted by Gasteiger charge is -2.21. The molecule has 1 saturated heterocycles. The highest BCUT2D eigenvalue weighted by atomic mass is 15.2. The molecule has 0 atom stereocenters. The van der Waals surface area contributed by atoms with Gasteiger partial charge in [-0.1, -0.05) is 12.1 Å². The van der Waals surface area contributed by atoms with Crippen molar-refractivity contribution >= 4 is 39.3 Å². The van der Waals surface area contributed by atoms with E-state index in [1.165, 1.54) is 5.39 Å². The summed E-state index contributed by atoms with van der Waals surface area (Å²) in [6.07, 6.45) is 7.08. The van der Waals surface area contributed by atoms with Gasteiger partial charge in [0.15, 0.2) is 0 Å². The molecule has 4 heterocycles. The highest BCUT2D eigenvalue weighted by molar-refractivity contribution is 6.03. The number of hydrogen-bond donors (Lipinski definition) is 2. The zero-order valence-electron chi connectivity index (χ0n) is 17.5. The molecule has 30 heavy (non-hydrogen) atoms. The lowest BCUT2D eigenvalue weighted by atomic mass is 10.2. The summed E-state index contributed by atoms with van der Waals surface area (Å²) in [5.74, 6) is 1.31. The summed E-state index contributed by atoms with van der Waals surface area (Å²) in [4.78, 5) is 16.3. The molecule has 7 heteroatoms. The van der Waals surface area contributed by atoms with E-state index in [0.29, 0.717) is 12.0 Å². The number of aromatic nitrogens is 4. The summed E-state index contributed by atoms with van der Waals surface area (Å²) in [5.41, 5.74) is 3.25. The first-order valence-corrected chi connectivity index (χ1v) is 10.6. The van der Waals surface area contributed by atoms with E-state index in [1.807, 2.05) is 18.5 Å². The Hall–Kier alpha value is -3.19. The molecule has 0 spiro atoms. The minimum Gasteiger partial charge on any atom is -0.369 e. The molecular formula is C23H27N7. The first-order valence-electron chi connectivity index (χ1n) is 10.6. The quantitative estimate of drug-likeness (QED) is 0.536. The molecule has 0 bridgehead atoms. The summed E-state index contributed by atoms with van der Waals surface area (Å²) in [7, 11) is 0. The van der Waals surface area contributed by atoms with Gasteiger partial charge < -0.3 is 20.1 Å². The van der Waals surface area contributed by atoms with Crippen molar-refractivity contribution in [3.63, 3.8) is 0 Å². The van der Waals surface area contributed by atoms with Crippen LogP contribution in [0.5, 0.6) is 0 Å². The van der Waals surface area contributed by atoms with Crippen LogP contribution in [0.3, 0.4) is 0 Å². The van der Waals surface area contributed by atoms with E-state index in [0.717, 1.165) is 60.5 Å². The van der Waals surface area contributed by atoms with Crippen LogP contribution in [0.1, 0.15) is 26.3 Å². The number of nitrogens with zero attached hydrogens (tertiary/aromatic N) is 5. The molecule has 0 amide bonds. The Balaban J connectivity index is 1.43. The number of hydrogen-bond acceptors (Lipinski definition) is 6. The fraction of sp³-hybridized carbons (Fsp3) is 0.348. The Morgan fingerprint density at radius 2 is 1.87 bits per heavy atom. The Labute approximate surface area is 176 Å². The molecule has 5 rings (SSSR count). The highest BCUT2D eigenvalue weighted by Gasteiger charge is 2.12. The normalized spacial score (nSPS) is 15.1. The molecule has 1 aromatic carbocycles. The third-order valence-electron chi connectivity index (χ3n) is 5.68. The second-order valence-electron chi connectivity index (χ2n) is 8.07. The van der Waals surface area contributed by atoms with Crippen LogP contribution in [-0.4, -0.2) is 45.7 Å². The fourth-order valence-corrected chi connectivity index (χ4v) is 4.10. The molecule has 7 nitrogen and oxygen atoms in total. The molecule has 0 aliphatic carbocycles. The van der Waals surface area contributed by atoms with Crippen LogP contribution in [0.2, 0.25) is 0 Å². The second-order valence-corrected chi connectivity index (χ2v) is 8.07. The molecule has 4 aromatic rings. The van der Waals surface area contributed by atoms with Crippen LogP contribution in [0.15, 0.2) is 48.9 Å². The predicted octanol–water partition coefficient (Wildman–Crippen LogP) is 4.10. The number of fused-ring (bicyclic) bond motifs is 3. The fourth-order valence-electron chi connectivity index (χ4n) is 4.10. The number of rotatable bonds is 4. The van der Waals surface area contributed by atoms with Gasteiger partial charge in [0, 0.05) is 48.8 Å². The molecule has 3 aromatic heterocycles. The van der Waals surface area contributed by atoms with E-state index >= 15 is 0 Å². The van der Waals surface area contributed by atoms with Gasteiger partial charge in [-0.3, -0.25) is 0 Å². The lowest BCUT2D eigenvalue weighted by molar-refractivity contribution is 0.624. The Bertz CT molecular complexity index is 1160. The largest absolute Gasteiger partial charge is 0.369 e. The maximum Gasteiger partial charge on any atom is 0.228 e. The summed E-state index contributed by atoms with van der Waals surface area (Å²) in [5, 5.41) is 8.93. The summed E-state index contributed by atoms with van der Waals surface area (Å²) in [6.45, 7) is 8.53. The van der Waals surface area contributed by atoms with E-state index in [1.54, 1.807) is 0 Å². The molecule has 154 valence electrons. The molecule has 2 N–H and O–H groups in total. The van der Waals surface area contributed by atoms with Crippen LogP contribution < -0.4 is 15.5 Å². The van der Waals surface area contributed by atoms with Crippen molar-refractivity contribution in [2.45, 2.75) is 26.3 Å². The van der Waals surface area contributed by atoms with Gasteiger partial charge in [-0.15, -0.1) is 0 Å². The Morgan fingerprint density at radius 3 is 2.70 bits per heavy atom. The van der Waals surface area contributed by atoms with E-state index in [2.05, 4.69) is 74.4 Å². The first kappa shape index (κ1) is 18.8. The standard InChI is InChI=1S/C23H27N7/c1-16(2)30-12-8-17-4-5-18-14-26-23(28-21(18)22(17)30)27-20-7-6-19(15-25-20)29-11-3-9-24-10-13-29/h4-8,12,14-16,24H,3,9-11,13H2,1-2H3,(H,25,26,27,28). The van der Waals surface area contributed by atoms with Crippen molar-refractivity contribution in [3.8, 4) is 0 Å². The van der Waals surface area contributed by atoms with E-state index in [4.69, 9.17) is 4.98 Å². The Morgan fingerprint density at radius 1 is 0.967 bits per heavy atom. The summed E-state index contributed by atoms with van der Waals surface area (Å²) in [6, 6.07) is 10.8. The van der Waals surface area contributed by atoms with Crippen LogP contribution in [0.4, 0.5) is 17.5 Å². The van der Waals surface area contributed by atoms with Crippen LogP contribution >= 0.6 is 0 Å². The SMILES string of the molecule is CC(C)n1ccc2ccc3cnc(Nc4ccc(N5CCCNCC5)cn4)nc3c21. The average Bonchev–Trinajstić information content (AvgIpc) is 3.02. The van der Waals surface area contributed by atoms with Gasteiger partial charge in [0.25, 0.3) is 0 Å². The van der Waals surface area contributed by atoms with Gasteiger partial charge in [-0.25, -0.2) is 15.0 Å². The van der Waals surface area contributed by atoms with Gasteiger partial charge >= 0.3 is 0 Å². The molecular weight excluding hydrogens is 374 g/mol. The average molecular weight is 402 g/mol. The minimum absolute atomic E-state index is 0.364. The van der Waals surface area contributed by atoms with Gasteiger partial charge in [0.05, 0.1) is 17.4 Å². The third-order valence-corrected chi connectivity index (χ3v) is 5.68. The molecule has 1 aliphatic heterocycles. The monoisotopic (exact) mass is 401 g/mol. The molecule has 0 saturated carbocycles. The van der Waals surface area contributed by atoms with Crippen LogP contribution in [0, 0.1) is 0 Å². The number of nitrogens with one attached hydrogen (secondary N) is 2. The molecule has 1 aliphatic rings. The van der Waals surface area contributed by atoms with Crippen molar-refractivity contribution < 1.29 is 0 Å². The molecule has 1 fully saturated rings. The topological polar surface area (TPSA) is 70.9 Å². The Kier molecular flexibility index (Phi) is 4.96. The maximum absolute atomic E-state index is 4.84. The zero-order chi connectivity index (χ0) is 20.5. The van der Waals surface area contributed by atoms with Crippen LogP contribution in [-0.2, 0) is 0 Å². The number of benzene rings is 1. The van der Waals surface area contributed by atoms with Crippen molar-refractivity contribution in [1.29, 1.82) is 0 Å². The van der Waals surface area contributed by atoms with Crippen LogP contribution in [0.25, 0.3) is 21.8 Å². The van der Waals surface area contributed by atoms with Crippen molar-refractivity contribution in [1.82, 2.24) is 24.8 Å². The van der Waals surface area contributed by atoms with Crippen molar-refractivity contribution in [2.75, 3.05) is 36.4 Å². The van der Waals surface area contributed by atoms with Crippen molar-refractivity contribution in [2.24, 2.45) is 0 Å². The van der Waals surface area contributed by atoms with Crippen molar-refractivity contribution in [3.05, 3.63) is 48.9 Å². The van der Waals surface area contributed by atoms with Gasteiger partial charge in [0.2, 0.25) is 5.95 Å². The molecule has 0 radical (unpaired) electrons. The first-order chi connectivity index (χ1) is 14.7. The van der Waals surface area contributed by atoms with Gasteiger partial charge in [0.1, 0.15) is 11.3 Å². The number of pyridine rings is 1. The minimum atomic E-state index is 0.364. The predicted molar refractivity (Wildman–Crippen MR) is 123 cm³/mol. The lowest BCUT2D eigenvalue weighted by Crippen LogP contribution is -2.27. The third kappa shape index (κ3) is 3.57. The second kappa shape index (κ2) is 7.91. The smallest absolute Gasteiger partial charge is 0.228 e. The maximum atomic E-state index is 4.84. The van der Waals surface area contributed by atoms with E-state index in [9.17, 15) is 0 Å². The van der Waals surface area contributed by atoms with E-state index in [-0.39, 0.29) is 0 Å². The zero-order valence-corrected chi connectivity index (χ0v) is 17.5. The van der Waals surface area contributed by atoms with Gasteiger partial charge in [-0.2, -0.15) is 0 Å². The van der Waals surface area contributed by atoms with E-state index < -0.39 is 0 Å². The highest BCUT2D eigenvalue weighted by Crippen LogP contribution is 2.28. The summed E-state index contributed by atoms with van der Waals surface area (Å²) >= 11 is 0. The number of anilines is 3.